The molecule has 2 aromatic rings. The lowest BCUT2D eigenvalue weighted by atomic mass is 10.1. The lowest BCUT2D eigenvalue weighted by molar-refractivity contribution is 0.649. The van der Waals surface area contributed by atoms with E-state index in [2.05, 4.69) is 48.0 Å². The Bertz CT molecular complexity index is 740. The summed E-state index contributed by atoms with van der Waals surface area (Å²) in [5.41, 5.74) is 2.74. The standard InChI is InChI=1S/C15H14N2S2/c1-9-4-3-5-12-11(9)8-13(19-12)14-10(2)18-15-16-6-7-17(14)15/h3-5,8H,6-7H2,1-2H3. The number of allylic oxidation sites excluding steroid dienone is 1. The van der Waals surface area contributed by atoms with Gasteiger partial charge in [0.2, 0.25) is 0 Å². The molecule has 1 aromatic carbocycles. The number of amidine groups is 1. The Hall–Kier alpha value is -1.26. The van der Waals surface area contributed by atoms with Crippen molar-refractivity contribution in [3.05, 3.63) is 39.6 Å². The number of aryl methyl sites for hydroxylation is 1. The fourth-order valence-electron chi connectivity index (χ4n) is 2.73. The summed E-state index contributed by atoms with van der Waals surface area (Å²) in [6.45, 7) is 6.36. The molecule has 0 atom stereocenters. The predicted octanol–water partition coefficient (Wildman–Crippen LogP) is 4.32. The molecule has 0 radical (unpaired) electrons. The third-order valence-electron chi connectivity index (χ3n) is 3.66. The summed E-state index contributed by atoms with van der Waals surface area (Å²) in [5, 5.41) is 2.57. The zero-order chi connectivity index (χ0) is 13.0. The van der Waals surface area contributed by atoms with Crippen LogP contribution in [0.25, 0.3) is 15.8 Å². The number of thiophene rings is 1. The van der Waals surface area contributed by atoms with Crippen LogP contribution in [0.2, 0.25) is 0 Å². The molecule has 0 unspecified atom stereocenters. The van der Waals surface area contributed by atoms with Crippen LogP contribution in [-0.2, 0) is 0 Å². The molecule has 2 aliphatic heterocycles. The van der Waals surface area contributed by atoms with E-state index < -0.39 is 0 Å². The van der Waals surface area contributed by atoms with E-state index in [1.54, 1.807) is 0 Å². The normalized spacial score (nSPS) is 18.4. The Morgan fingerprint density at radius 2 is 2.16 bits per heavy atom. The Morgan fingerprint density at radius 1 is 1.26 bits per heavy atom. The van der Waals surface area contributed by atoms with Gasteiger partial charge in [0.1, 0.15) is 0 Å². The van der Waals surface area contributed by atoms with Gasteiger partial charge < -0.3 is 4.90 Å². The maximum absolute atomic E-state index is 4.56. The highest BCUT2D eigenvalue weighted by Crippen LogP contribution is 2.44. The zero-order valence-electron chi connectivity index (χ0n) is 10.9. The molecule has 96 valence electrons. The first-order valence-electron chi connectivity index (χ1n) is 6.44. The number of hydrogen-bond acceptors (Lipinski definition) is 4. The van der Waals surface area contributed by atoms with Crippen molar-refractivity contribution in [2.75, 3.05) is 13.1 Å². The van der Waals surface area contributed by atoms with E-state index >= 15 is 0 Å². The van der Waals surface area contributed by atoms with E-state index in [0.29, 0.717) is 0 Å². The average Bonchev–Trinajstić information content (AvgIpc) is 3.02. The van der Waals surface area contributed by atoms with Gasteiger partial charge in [-0.25, -0.2) is 0 Å². The lowest BCUT2D eigenvalue weighted by Crippen LogP contribution is -2.19. The summed E-state index contributed by atoms with van der Waals surface area (Å²) in [6, 6.07) is 8.89. The molecule has 0 saturated carbocycles. The first-order valence-corrected chi connectivity index (χ1v) is 8.07. The van der Waals surface area contributed by atoms with Crippen molar-refractivity contribution in [1.29, 1.82) is 0 Å². The fourth-order valence-corrected chi connectivity index (χ4v) is 5.08. The SMILES string of the molecule is CC1=C(c2cc3c(C)cccc3s2)N2CCN=C2S1. The van der Waals surface area contributed by atoms with E-state index in [1.807, 2.05) is 23.1 Å². The molecule has 1 aromatic heterocycles. The van der Waals surface area contributed by atoms with Crippen LogP contribution in [0.5, 0.6) is 0 Å². The van der Waals surface area contributed by atoms with Gasteiger partial charge in [-0.1, -0.05) is 23.9 Å². The van der Waals surface area contributed by atoms with Crippen LogP contribution >= 0.6 is 23.1 Å². The maximum atomic E-state index is 4.56. The quantitative estimate of drug-likeness (QED) is 0.776. The molecule has 0 saturated heterocycles. The third-order valence-corrected chi connectivity index (χ3v) is 5.80. The topological polar surface area (TPSA) is 15.6 Å². The molecule has 0 fully saturated rings. The molecule has 3 heterocycles. The first-order chi connectivity index (χ1) is 9.24. The van der Waals surface area contributed by atoms with E-state index in [0.717, 1.165) is 13.1 Å². The largest absolute Gasteiger partial charge is 0.317 e. The number of benzene rings is 1. The molecular weight excluding hydrogens is 272 g/mol. The van der Waals surface area contributed by atoms with Gasteiger partial charge in [0.05, 0.1) is 17.1 Å². The summed E-state index contributed by atoms with van der Waals surface area (Å²) < 4.78 is 1.38. The molecule has 2 nitrogen and oxygen atoms in total. The van der Waals surface area contributed by atoms with E-state index in [1.165, 1.54) is 36.3 Å². The molecule has 0 N–H and O–H groups in total. The maximum Gasteiger partial charge on any atom is 0.168 e. The summed E-state index contributed by atoms with van der Waals surface area (Å²) >= 11 is 3.71. The number of thioether (sulfide) groups is 1. The number of rotatable bonds is 1. The van der Waals surface area contributed by atoms with Gasteiger partial charge in [0, 0.05) is 16.1 Å². The second kappa shape index (κ2) is 4.12. The summed E-state index contributed by atoms with van der Waals surface area (Å²) in [4.78, 5) is 9.69. The minimum atomic E-state index is 0.934. The number of nitrogens with zero attached hydrogens (tertiary/aromatic N) is 2. The number of aliphatic imine (C=N–C) groups is 1. The van der Waals surface area contributed by atoms with Gasteiger partial charge in [0.25, 0.3) is 0 Å². The van der Waals surface area contributed by atoms with E-state index in [9.17, 15) is 0 Å². The Kier molecular flexibility index (Phi) is 2.50. The van der Waals surface area contributed by atoms with Crippen LogP contribution in [0, 0.1) is 6.92 Å². The third kappa shape index (κ3) is 1.66. The minimum Gasteiger partial charge on any atom is -0.317 e. The number of hydrogen-bond donors (Lipinski definition) is 0. The monoisotopic (exact) mass is 286 g/mol. The molecule has 0 amide bonds. The van der Waals surface area contributed by atoms with Crippen molar-refractivity contribution in [1.82, 2.24) is 4.90 Å². The van der Waals surface area contributed by atoms with Crippen LogP contribution in [0.1, 0.15) is 17.4 Å². The smallest absolute Gasteiger partial charge is 0.168 e. The summed E-state index contributed by atoms with van der Waals surface area (Å²) in [5.74, 6) is 0. The van der Waals surface area contributed by atoms with E-state index in [-0.39, 0.29) is 0 Å². The van der Waals surface area contributed by atoms with Gasteiger partial charge in [0.15, 0.2) is 5.17 Å². The lowest BCUT2D eigenvalue weighted by Gasteiger charge is -2.15. The van der Waals surface area contributed by atoms with Crippen LogP contribution in [-0.4, -0.2) is 23.2 Å². The van der Waals surface area contributed by atoms with Crippen molar-refractivity contribution >= 4 is 44.0 Å². The number of fused-ring (bicyclic) bond motifs is 2. The highest BCUT2D eigenvalue weighted by atomic mass is 32.2. The van der Waals surface area contributed by atoms with Crippen molar-refractivity contribution in [3.8, 4) is 0 Å². The molecule has 0 spiro atoms. The second-order valence-electron chi connectivity index (χ2n) is 4.92. The van der Waals surface area contributed by atoms with Crippen molar-refractivity contribution < 1.29 is 0 Å². The molecule has 2 aliphatic rings. The molecule has 0 aliphatic carbocycles. The fraction of sp³-hybridized carbons (Fsp3) is 0.267. The Labute approximate surface area is 120 Å². The van der Waals surface area contributed by atoms with E-state index in [4.69, 9.17) is 0 Å². The van der Waals surface area contributed by atoms with Gasteiger partial charge in [-0.05, 0) is 36.9 Å². The minimum absolute atomic E-state index is 0.934. The highest BCUT2D eigenvalue weighted by Gasteiger charge is 2.31. The predicted molar refractivity (Wildman–Crippen MR) is 85.8 cm³/mol. The van der Waals surface area contributed by atoms with Crippen LogP contribution in [0.3, 0.4) is 0 Å². The second-order valence-corrected chi connectivity index (χ2v) is 7.19. The van der Waals surface area contributed by atoms with Crippen LogP contribution in [0.4, 0.5) is 0 Å². The summed E-state index contributed by atoms with van der Waals surface area (Å²) in [7, 11) is 0. The molecule has 0 bridgehead atoms. The molecule has 4 rings (SSSR count). The Morgan fingerprint density at radius 3 is 3.00 bits per heavy atom. The van der Waals surface area contributed by atoms with Crippen molar-refractivity contribution in [3.63, 3.8) is 0 Å². The van der Waals surface area contributed by atoms with Crippen LogP contribution < -0.4 is 0 Å². The highest BCUT2D eigenvalue weighted by molar-refractivity contribution is 8.17. The molecule has 19 heavy (non-hydrogen) atoms. The van der Waals surface area contributed by atoms with Gasteiger partial charge in [-0.2, -0.15) is 0 Å². The zero-order valence-corrected chi connectivity index (χ0v) is 12.6. The van der Waals surface area contributed by atoms with Gasteiger partial charge in [-0.3, -0.25) is 4.99 Å². The van der Waals surface area contributed by atoms with Gasteiger partial charge in [-0.15, -0.1) is 11.3 Å². The molecular formula is C15H14N2S2. The van der Waals surface area contributed by atoms with Crippen LogP contribution in [0.15, 0.2) is 34.2 Å². The molecule has 4 heteroatoms. The average molecular weight is 286 g/mol. The van der Waals surface area contributed by atoms with Gasteiger partial charge >= 0.3 is 0 Å². The first kappa shape index (κ1) is 11.6. The summed E-state index contributed by atoms with van der Waals surface area (Å²) in [6.07, 6.45) is 0. The Balaban J connectivity index is 1.89. The van der Waals surface area contributed by atoms with Crippen molar-refractivity contribution in [2.45, 2.75) is 13.8 Å². The van der Waals surface area contributed by atoms with Crippen molar-refractivity contribution in [2.24, 2.45) is 4.99 Å².